The third-order valence-electron chi connectivity index (χ3n) is 11.4. The van der Waals surface area contributed by atoms with E-state index in [1.54, 1.807) is 0 Å². The van der Waals surface area contributed by atoms with Gasteiger partial charge >= 0.3 is 0 Å². The first-order valence-corrected chi connectivity index (χ1v) is 21.4. The van der Waals surface area contributed by atoms with Crippen LogP contribution in [0.4, 0.5) is 11.4 Å². The van der Waals surface area contributed by atoms with Crippen LogP contribution in [0.1, 0.15) is 154 Å². The number of guanidine groups is 2. The molecule has 0 aliphatic heterocycles. The van der Waals surface area contributed by atoms with Crippen molar-refractivity contribution in [3.63, 3.8) is 0 Å². The number of nitrogens with zero attached hydrogens (tertiary/aromatic N) is 2. The van der Waals surface area contributed by atoms with Crippen LogP contribution < -0.4 is 30.7 Å². The van der Waals surface area contributed by atoms with Gasteiger partial charge < -0.3 is 30.7 Å². The second-order valence-corrected chi connectivity index (χ2v) is 15.9. The zero-order valence-corrected chi connectivity index (χ0v) is 32.0. The van der Waals surface area contributed by atoms with Crippen LogP contribution >= 0.6 is 0 Å². The maximum Gasteiger partial charge on any atom is 0.196 e. The predicted molar refractivity (Wildman–Crippen MR) is 218 cm³/mol. The molecule has 0 unspecified atom stereocenters. The molecule has 6 rings (SSSR count). The second kappa shape index (κ2) is 21.9. The average Bonchev–Trinajstić information content (AvgIpc) is 3.18. The van der Waals surface area contributed by atoms with Crippen molar-refractivity contribution in [1.82, 2.24) is 10.6 Å². The summed E-state index contributed by atoms with van der Waals surface area (Å²) in [5.74, 6) is 3.72. The van der Waals surface area contributed by atoms with Crippen LogP contribution in [0.5, 0.6) is 11.5 Å². The summed E-state index contributed by atoms with van der Waals surface area (Å²) in [5.41, 5.74) is 2.08. The van der Waals surface area contributed by atoms with E-state index in [0.29, 0.717) is 24.2 Å². The number of aliphatic imine (C=N–C) groups is 2. The highest BCUT2D eigenvalue weighted by Crippen LogP contribution is 2.25. The number of benzene rings is 2. The Labute approximate surface area is 314 Å². The van der Waals surface area contributed by atoms with Gasteiger partial charge in [-0.25, -0.2) is 9.98 Å². The van der Waals surface area contributed by atoms with Gasteiger partial charge in [-0.2, -0.15) is 0 Å². The van der Waals surface area contributed by atoms with Crippen LogP contribution in [0.15, 0.2) is 58.5 Å². The van der Waals surface area contributed by atoms with Gasteiger partial charge in [0, 0.05) is 35.6 Å². The Kier molecular flexibility index (Phi) is 16.2. The number of hydrogen-bond acceptors (Lipinski definition) is 4. The molecule has 0 heterocycles. The van der Waals surface area contributed by atoms with Crippen LogP contribution in [0.3, 0.4) is 0 Å². The summed E-state index contributed by atoms with van der Waals surface area (Å²) in [6.45, 7) is 1.45. The van der Waals surface area contributed by atoms with Crippen molar-refractivity contribution in [2.24, 2.45) is 9.98 Å². The maximum atomic E-state index is 6.19. The van der Waals surface area contributed by atoms with Gasteiger partial charge in [-0.3, -0.25) is 0 Å². The predicted octanol–water partition coefficient (Wildman–Crippen LogP) is 10.8. The normalized spacial score (nSPS) is 20.3. The van der Waals surface area contributed by atoms with Gasteiger partial charge in [-0.05, 0) is 101 Å². The molecule has 286 valence electrons. The van der Waals surface area contributed by atoms with Gasteiger partial charge in [0.25, 0.3) is 0 Å². The summed E-state index contributed by atoms with van der Waals surface area (Å²) in [4.78, 5) is 10.3. The standard InChI is InChI=1S/C44H68N6O2/c1(15-31-51-41-29-17-27-39(33-41)49-43(45-35-19-7-3-8-20-35)46-36-21-9-4-10-22-36)2-16-32-52-42-30-18-28-40(34-42)50-44(47-37-23-11-5-12-24-37)48-38-25-13-6-14-26-38/h17-18,27-30,33-38H,1-16,19-26,31-32H2,(H2,45,46,49)(H2,47,48,50). The van der Waals surface area contributed by atoms with Gasteiger partial charge in [-0.1, -0.05) is 89.2 Å². The highest BCUT2D eigenvalue weighted by Gasteiger charge is 2.20. The van der Waals surface area contributed by atoms with E-state index in [0.717, 1.165) is 73.7 Å². The Bertz CT molecular complexity index is 1250. The zero-order valence-electron chi connectivity index (χ0n) is 32.0. The van der Waals surface area contributed by atoms with Crippen molar-refractivity contribution in [3.05, 3.63) is 48.5 Å². The number of ether oxygens (including phenoxy) is 2. The number of rotatable bonds is 15. The summed E-state index contributed by atoms with van der Waals surface area (Å²) >= 11 is 0. The maximum absolute atomic E-state index is 6.19. The molecule has 0 radical (unpaired) electrons. The van der Waals surface area contributed by atoms with E-state index in [1.807, 2.05) is 0 Å². The quantitative estimate of drug-likeness (QED) is 0.0835. The minimum absolute atomic E-state index is 0.427. The molecule has 0 saturated heterocycles. The fraction of sp³-hybridized carbons (Fsp3) is 0.682. The topological polar surface area (TPSA) is 91.3 Å². The largest absolute Gasteiger partial charge is 0.494 e. The fourth-order valence-corrected chi connectivity index (χ4v) is 8.42. The van der Waals surface area contributed by atoms with Crippen molar-refractivity contribution in [1.29, 1.82) is 0 Å². The zero-order chi connectivity index (χ0) is 35.5. The Morgan fingerprint density at radius 3 is 1.27 bits per heavy atom. The Hall–Kier alpha value is -3.42. The molecule has 0 aromatic heterocycles. The lowest BCUT2D eigenvalue weighted by Crippen LogP contribution is -2.41. The molecule has 0 amide bonds. The van der Waals surface area contributed by atoms with Crippen LogP contribution in [-0.4, -0.2) is 49.3 Å². The molecule has 4 saturated carbocycles. The molecule has 4 aliphatic rings. The number of unbranched alkanes of at least 4 members (excludes halogenated alkanes) is 3. The van der Waals surface area contributed by atoms with Crippen molar-refractivity contribution in [3.8, 4) is 11.5 Å². The first-order chi connectivity index (χ1) is 25.7. The van der Waals surface area contributed by atoms with Gasteiger partial charge in [0.05, 0.1) is 25.3 Å². The summed E-state index contributed by atoms with van der Waals surface area (Å²) < 4.78 is 12.4. The molecule has 0 bridgehead atoms. The lowest BCUT2D eigenvalue weighted by molar-refractivity contribution is 0.287. The molecule has 0 atom stereocenters. The minimum Gasteiger partial charge on any atom is -0.494 e. The van der Waals surface area contributed by atoms with E-state index < -0.39 is 0 Å². The molecule has 52 heavy (non-hydrogen) atoms. The van der Waals surface area contributed by atoms with E-state index in [-0.39, 0.29) is 0 Å². The first-order valence-electron chi connectivity index (χ1n) is 21.4. The average molecular weight is 713 g/mol. The van der Waals surface area contributed by atoms with Crippen LogP contribution in [0.2, 0.25) is 0 Å². The molecule has 0 spiro atoms. The summed E-state index contributed by atoms with van der Waals surface area (Å²) in [7, 11) is 0. The molecule has 2 aromatic carbocycles. The molecule has 4 fully saturated rings. The lowest BCUT2D eigenvalue weighted by Gasteiger charge is -2.27. The Balaban J connectivity index is 0.895. The fourth-order valence-electron chi connectivity index (χ4n) is 8.42. The third kappa shape index (κ3) is 13.9. The van der Waals surface area contributed by atoms with E-state index in [2.05, 4.69) is 69.8 Å². The highest BCUT2D eigenvalue weighted by atomic mass is 16.5. The first kappa shape index (κ1) is 38.3. The third-order valence-corrected chi connectivity index (χ3v) is 11.4. The molecular weight excluding hydrogens is 645 g/mol. The van der Waals surface area contributed by atoms with Gasteiger partial charge in [0.2, 0.25) is 0 Å². The Morgan fingerprint density at radius 1 is 0.481 bits per heavy atom. The van der Waals surface area contributed by atoms with E-state index >= 15 is 0 Å². The number of nitrogens with one attached hydrogen (secondary N) is 4. The monoisotopic (exact) mass is 713 g/mol. The van der Waals surface area contributed by atoms with Gasteiger partial charge in [0.15, 0.2) is 11.9 Å². The molecular formula is C44H68N6O2. The van der Waals surface area contributed by atoms with E-state index in [4.69, 9.17) is 19.5 Å². The molecule has 8 heteroatoms. The molecule has 4 N–H and O–H groups in total. The molecule has 2 aromatic rings. The van der Waals surface area contributed by atoms with Crippen molar-refractivity contribution in [2.75, 3.05) is 23.8 Å². The van der Waals surface area contributed by atoms with Gasteiger partial charge in [0.1, 0.15) is 11.5 Å². The smallest absolute Gasteiger partial charge is 0.196 e. The number of anilines is 2. The molecule has 8 nitrogen and oxygen atoms in total. The lowest BCUT2D eigenvalue weighted by atomic mass is 9.95. The minimum atomic E-state index is 0.427. The van der Waals surface area contributed by atoms with Gasteiger partial charge in [-0.15, -0.1) is 0 Å². The van der Waals surface area contributed by atoms with E-state index in [9.17, 15) is 0 Å². The van der Waals surface area contributed by atoms with E-state index in [1.165, 1.54) is 128 Å². The van der Waals surface area contributed by atoms with Crippen LogP contribution in [0, 0.1) is 0 Å². The van der Waals surface area contributed by atoms with Crippen LogP contribution in [0.25, 0.3) is 0 Å². The highest BCUT2D eigenvalue weighted by molar-refractivity contribution is 5.94. The summed E-state index contributed by atoms with van der Waals surface area (Å²) in [6.07, 6.45) is 29.9. The second-order valence-electron chi connectivity index (χ2n) is 15.9. The SMILES string of the molecule is c1cc(NC(=NC2CCCCC2)NC2CCCCC2)cc(OCCCCCCOc2cccc(NC(=NC3CCCCC3)NC3CCCCC3)c2)c1. The van der Waals surface area contributed by atoms with Crippen molar-refractivity contribution in [2.45, 2.75) is 178 Å². The molecule has 4 aliphatic carbocycles. The summed E-state index contributed by atoms with van der Waals surface area (Å²) in [6, 6.07) is 18.7. The van der Waals surface area contributed by atoms with Crippen molar-refractivity contribution < 1.29 is 9.47 Å². The van der Waals surface area contributed by atoms with Crippen molar-refractivity contribution >= 4 is 23.3 Å². The van der Waals surface area contributed by atoms with Crippen LogP contribution in [-0.2, 0) is 0 Å². The Morgan fingerprint density at radius 2 is 0.865 bits per heavy atom. The summed E-state index contributed by atoms with van der Waals surface area (Å²) in [5, 5.41) is 14.8. The number of hydrogen-bond donors (Lipinski definition) is 4.